The van der Waals surface area contributed by atoms with Crippen LogP contribution in [0.5, 0.6) is 0 Å². The predicted octanol–water partition coefficient (Wildman–Crippen LogP) is 3.63. The summed E-state index contributed by atoms with van der Waals surface area (Å²) < 4.78 is 10.4. The van der Waals surface area contributed by atoms with E-state index in [4.69, 9.17) is 9.47 Å². The summed E-state index contributed by atoms with van der Waals surface area (Å²) in [6.45, 7) is 8.50. The number of ether oxygens (including phenoxy) is 2. The lowest BCUT2D eigenvalue weighted by Gasteiger charge is -2.56. The molecule has 0 bridgehead atoms. The van der Waals surface area contributed by atoms with Gasteiger partial charge >= 0.3 is 0 Å². The Kier molecular flexibility index (Phi) is 10.4. The number of amides is 2. The normalized spacial score (nSPS) is 34.6. The summed E-state index contributed by atoms with van der Waals surface area (Å²) in [4.78, 5) is 28.3. The molecular formula is C28H50N2O5. The molecule has 35 heavy (non-hydrogen) atoms. The minimum Gasteiger partial charge on any atom is -0.392 e. The summed E-state index contributed by atoms with van der Waals surface area (Å²) in [6, 6.07) is 0.0989. The van der Waals surface area contributed by atoms with E-state index in [1.165, 1.54) is 6.42 Å². The second-order valence-electron chi connectivity index (χ2n) is 11.8. The van der Waals surface area contributed by atoms with Crippen molar-refractivity contribution >= 4 is 11.8 Å². The second-order valence-corrected chi connectivity index (χ2v) is 11.8. The molecule has 0 aliphatic heterocycles. The standard InChI is InChI=1S/C28H50N2O5/c1-19(27(33)30(15-17-34-4)16-18-35-5)22-11-13-28(3)14-12-23(20(2)24(28)25(22)31)29-26(32)21-9-7-6-8-10-21/h19-25,31H,6-18H2,1-5H3,(H,29,32). The maximum absolute atomic E-state index is 13.5. The summed E-state index contributed by atoms with van der Waals surface area (Å²) in [6.07, 6.45) is 8.84. The number of methoxy groups -OCH3 is 2. The van der Waals surface area contributed by atoms with Crippen molar-refractivity contribution in [3.63, 3.8) is 0 Å². The van der Waals surface area contributed by atoms with Gasteiger partial charge in [-0.05, 0) is 61.7 Å². The fraction of sp³-hybridized carbons (Fsp3) is 0.929. The Labute approximate surface area is 212 Å². The number of hydrogen-bond acceptors (Lipinski definition) is 5. The monoisotopic (exact) mass is 494 g/mol. The van der Waals surface area contributed by atoms with Crippen LogP contribution in [0.3, 0.4) is 0 Å². The van der Waals surface area contributed by atoms with Crippen LogP contribution < -0.4 is 5.32 Å². The zero-order valence-corrected chi connectivity index (χ0v) is 22.8. The first-order chi connectivity index (χ1) is 16.7. The van der Waals surface area contributed by atoms with Crippen LogP contribution in [0.1, 0.15) is 78.6 Å². The highest BCUT2D eigenvalue weighted by atomic mass is 16.5. The first kappa shape index (κ1) is 28.4. The Morgan fingerprint density at radius 3 is 2.23 bits per heavy atom. The Morgan fingerprint density at radius 2 is 1.63 bits per heavy atom. The number of rotatable bonds is 10. The molecule has 3 saturated carbocycles. The molecule has 7 unspecified atom stereocenters. The highest BCUT2D eigenvalue weighted by molar-refractivity contribution is 5.79. The molecule has 2 amide bonds. The number of carbonyl (C=O) groups excluding carboxylic acids is 2. The van der Waals surface area contributed by atoms with E-state index in [-0.39, 0.29) is 52.9 Å². The number of hydrogen-bond donors (Lipinski definition) is 2. The van der Waals surface area contributed by atoms with Crippen LogP contribution in [-0.2, 0) is 19.1 Å². The zero-order chi connectivity index (χ0) is 25.6. The van der Waals surface area contributed by atoms with E-state index in [2.05, 4.69) is 19.2 Å². The molecule has 3 fully saturated rings. The molecule has 7 atom stereocenters. The van der Waals surface area contributed by atoms with Gasteiger partial charge in [0.05, 0.1) is 19.3 Å². The quantitative estimate of drug-likeness (QED) is 0.484. The van der Waals surface area contributed by atoms with E-state index < -0.39 is 6.10 Å². The predicted molar refractivity (Wildman–Crippen MR) is 137 cm³/mol. The van der Waals surface area contributed by atoms with Crippen LogP contribution in [-0.4, -0.2) is 74.5 Å². The molecule has 3 rings (SSSR count). The van der Waals surface area contributed by atoms with Crippen LogP contribution in [0.2, 0.25) is 0 Å². The van der Waals surface area contributed by atoms with Gasteiger partial charge in [0.2, 0.25) is 11.8 Å². The molecule has 7 heteroatoms. The van der Waals surface area contributed by atoms with Gasteiger partial charge in [-0.1, -0.05) is 40.0 Å². The number of aliphatic hydroxyl groups is 1. The van der Waals surface area contributed by atoms with Gasteiger partial charge in [-0.15, -0.1) is 0 Å². The summed E-state index contributed by atoms with van der Waals surface area (Å²) in [7, 11) is 3.28. The topological polar surface area (TPSA) is 88.1 Å². The van der Waals surface area contributed by atoms with Crippen molar-refractivity contribution in [3.05, 3.63) is 0 Å². The molecule has 0 heterocycles. The third kappa shape index (κ3) is 6.58. The van der Waals surface area contributed by atoms with E-state index in [1.54, 1.807) is 14.2 Å². The molecule has 0 spiro atoms. The lowest BCUT2D eigenvalue weighted by molar-refractivity contribution is -0.152. The van der Waals surface area contributed by atoms with Crippen molar-refractivity contribution in [1.82, 2.24) is 10.2 Å². The number of nitrogens with zero attached hydrogens (tertiary/aromatic N) is 1. The molecule has 0 aromatic carbocycles. The Bertz CT molecular complexity index is 689. The maximum atomic E-state index is 13.5. The largest absolute Gasteiger partial charge is 0.392 e. The fourth-order valence-electron chi connectivity index (χ4n) is 7.37. The molecule has 2 N–H and O–H groups in total. The smallest absolute Gasteiger partial charge is 0.225 e. The highest BCUT2D eigenvalue weighted by Gasteiger charge is 2.54. The van der Waals surface area contributed by atoms with Gasteiger partial charge in [-0.25, -0.2) is 0 Å². The molecule has 3 aliphatic rings. The van der Waals surface area contributed by atoms with Gasteiger partial charge in [-0.3, -0.25) is 9.59 Å². The SMILES string of the molecule is COCCN(CCOC)C(=O)C(C)C1CCC2(C)CCC(NC(=O)C3CCCCC3)C(C)C2C1O. The van der Waals surface area contributed by atoms with Gasteiger partial charge in [0.25, 0.3) is 0 Å². The third-order valence-electron chi connectivity index (χ3n) is 9.67. The second kappa shape index (κ2) is 12.9. The number of nitrogens with one attached hydrogen (secondary N) is 1. The first-order valence-electron chi connectivity index (χ1n) is 14.0. The zero-order valence-electron chi connectivity index (χ0n) is 22.8. The Balaban J connectivity index is 1.69. The van der Waals surface area contributed by atoms with Gasteiger partial charge < -0.3 is 24.8 Å². The summed E-state index contributed by atoms with van der Waals surface area (Å²) >= 11 is 0. The molecular weight excluding hydrogens is 444 g/mol. The van der Waals surface area contributed by atoms with Gasteiger partial charge in [0.15, 0.2) is 0 Å². The minimum atomic E-state index is -0.552. The van der Waals surface area contributed by atoms with Crippen LogP contribution in [0, 0.1) is 35.0 Å². The molecule has 0 aromatic rings. The van der Waals surface area contributed by atoms with Crippen molar-refractivity contribution in [2.24, 2.45) is 35.0 Å². The summed E-state index contributed by atoms with van der Waals surface area (Å²) in [5, 5.41) is 15.1. The van der Waals surface area contributed by atoms with E-state index >= 15 is 0 Å². The van der Waals surface area contributed by atoms with Crippen molar-refractivity contribution in [2.45, 2.75) is 90.7 Å². The van der Waals surface area contributed by atoms with E-state index in [0.717, 1.165) is 51.4 Å². The molecule has 3 aliphatic carbocycles. The van der Waals surface area contributed by atoms with Crippen molar-refractivity contribution < 1.29 is 24.2 Å². The third-order valence-corrected chi connectivity index (χ3v) is 9.67. The van der Waals surface area contributed by atoms with Gasteiger partial charge in [0, 0.05) is 45.2 Å². The molecule has 0 aromatic heterocycles. The van der Waals surface area contributed by atoms with E-state index in [9.17, 15) is 14.7 Å². The van der Waals surface area contributed by atoms with Crippen molar-refractivity contribution in [3.8, 4) is 0 Å². The first-order valence-corrected chi connectivity index (χ1v) is 14.0. The van der Waals surface area contributed by atoms with Crippen LogP contribution >= 0.6 is 0 Å². The highest BCUT2D eigenvalue weighted by Crippen LogP contribution is 2.55. The van der Waals surface area contributed by atoms with E-state index in [1.807, 2.05) is 11.8 Å². The number of carbonyl (C=O) groups is 2. The summed E-state index contributed by atoms with van der Waals surface area (Å²) in [5.41, 5.74) is 0.0515. The minimum absolute atomic E-state index is 0.0515. The van der Waals surface area contributed by atoms with Crippen molar-refractivity contribution in [1.29, 1.82) is 0 Å². The Morgan fingerprint density at radius 1 is 1.03 bits per heavy atom. The number of aliphatic hydroxyl groups excluding tert-OH is 1. The Hall–Kier alpha value is -1.18. The van der Waals surface area contributed by atoms with Gasteiger partial charge in [-0.2, -0.15) is 0 Å². The van der Waals surface area contributed by atoms with Crippen LogP contribution in [0.15, 0.2) is 0 Å². The number of fused-ring (bicyclic) bond motifs is 1. The lowest BCUT2D eigenvalue weighted by atomic mass is 9.51. The van der Waals surface area contributed by atoms with Crippen molar-refractivity contribution in [2.75, 3.05) is 40.5 Å². The lowest BCUT2D eigenvalue weighted by Crippen LogP contribution is -2.59. The average molecular weight is 495 g/mol. The molecule has 0 saturated heterocycles. The molecule has 7 nitrogen and oxygen atoms in total. The average Bonchev–Trinajstić information content (AvgIpc) is 2.85. The molecule has 202 valence electrons. The molecule has 0 radical (unpaired) electrons. The summed E-state index contributed by atoms with van der Waals surface area (Å²) in [5.74, 6) is 0.333. The maximum Gasteiger partial charge on any atom is 0.225 e. The van der Waals surface area contributed by atoms with Gasteiger partial charge in [0.1, 0.15) is 0 Å². The van der Waals surface area contributed by atoms with Crippen LogP contribution in [0.4, 0.5) is 0 Å². The van der Waals surface area contributed by atoms with Crippen LogP contribution in [0.25, 0.3) is 0 Å². The van der Waals surface area contributed by atoms with E-state index in [0.29, 0.717) is 26.3 Å². The fourth-order valence-corrected chi connectivity index (χ4v) is 7.37.